The molecule has 0 atom stereocenters. The molecule has 0 aliphatic heterocycles. The van der Waals surface area contributed by atoms with Crippen molar-refractivity contribution in [2.24, 2.45) is 0 Å². The Hall–Kier alpha value is -1.02. The summed E-state index contributed by atoms with van der Waals surface area (Å²) in [4.78, 5) is 5.42. The fourth-order valence-corrected chi connectivity index (χ4v) is 1.54. The molecule has 0 amide bonds. The third-order valence-corrected chi connectivity index (χ3v) is 2.59. The molecule has 2 heteroatoms. The Morgan fingerprint density at radius 3 is 2.38 bits per heavy atom. The minimum atomic E-state index is 0.888. The zero-order valence-electron chi connectivity index (χ0n) is 10.5. The van der Waals surface area contributed by atoms with Gasteiger partial charge in [-0.1, -0.05) is 50.3 Å². The third kappa shape index (κ3) is 5.76. The van der Waals surface area contributed by atoms with Gasteiger partial charge in [-0.25, -0.2) is 0 Å². The van der Waals surface area contributed by atoms with E-state index in [0.717, 1.165) is 12.3 Å². The molecule has 0 heterocycles. The van der Waals surface area contributed by atoms with Crippen molar-refractivity contribution in [1.82, 2.24) is 5.48 Å². The predicted molar refractivity (Wildman–Crippen MR) is 68.6 cm³/mol. The van der Waals surface area contributed by atoms with Gasteiger partial charge in [0.25, 0.3) is 0 Å². The summed E-state index contributed by atoms with van der Waals surface area (Å²) < 4.78 is 0. The van der Waals surface area contributed by atoms with E-state index in [1.165, 1.54) is 37.7 Å². The van der Waals surface area contributed by atoms with E-state index in [4.69, 9.17) is 4.84 Å². The maximum absolute atomic E-state index is 5.42. The van der Waals surface area contributed by atoms with E-state index in [9.17, 15) is 0 Å². The summed E-state index contributed by atoms with van der Waals surface area (Å²) in [5, 5.41) is 0. The quantitative estimate of drug-likeness (QED) is 0.532. The summed E-state index contributed by atoms with van der Waals surface area (Å²) in [6.07, 6.45) is 6.46. The lowest BCUT2D eigenvalue weighted by Gasteiger charge is -2.07. The number of hydroxylamine groups is 1. The highest BCUT2D eigenvalue weighted by atomic mass is 16.6. The average Bonchev–Trinajstić information content (AvgIpc) is 2.30. The van der Waals surface area contributed by atoms with E-state index in [0.29, 0.717) is 0 Å². The van der Waals surface area contributed by atoms with Crippen LogP contribution in [0.4, 0.5) is 0 Å². The number of hydrogen-bond donors (Lipinski definition) is 1. The first-order valence-corrected chi connectivity index (χ1v) is 6.29. The van der Waals surface area contributed by atoms with Gasteiger partial charge in [0, 0.05) is 6.54 Å². The summed E-state index contributed by atoms with van der Waals surface area (Å²) in [5.74, 6) is 0.888. The molecule has 0 aromatic heterocycles. The van der Waals surface area contributed by atoms with Crippen molar-refractivity contribution in [3.63, 3.8) is 0 Å². The van der Waals surface area contributed by atoms with Crippen LogP contribution < -0.4 is 10.3 Å². The number of nitrogens with one attached hydrogen (secondary N) is 1. The predicted octanol–water partition coefficient (Wildman–Crippen LogP) is 3.85. The van der Waals surface area contributed by atoms with Gasteiger partial charge < -0.3 is 4.84 Å². The molecule has 1 aromatic carbocycles. The second-order valence-corrected chi connectivity index (χ2v) is 4.22. The standard InChI is InChI=1S/C14H23NO/c1-3-4-5-6-7-12-15-16-14-10-8-13(2)9-11-14/h8-11,15H,3-7,12H2,1-2H3. The summed E-state index contributed by atoms with van der Waals surface area (Å²) in [5.41, 5.74) is 4.25. The van der Waals surface area contributed by atoms with E-state index < -0.39 is 0 Å². The van der Waals surface area contributed by atoms with Crippen molar-refractivity contribution in [2.45, 2.75) is 46.0 Å². The second kappa shape index (κ2) is 8.17. The van der Waals surface area contributed by atoms with Gasteiger partial charge in [-0.05, 0) is 25.5 Å². The third-order valence-electron chi connectivity index (χ3n) is 2.59. The first-order valence-electron chi connectivity index (χ1n) is 6.29. The molecule has 0 bridgehead atoms. The SMILES string of the molecule is CCCCCCCNOc1ccc(C)cc1. The van der Waals surface area contributed by atoms with Crippen LogP contribution in [0.1, 0.15) is 44.6 Å². The van der Waals surface area contributed by atoms with Gasteiger partial charge in [-0.15, -0.1) is 0 Å². The van der Waals surface area contributed by atoms with Crippen LogP contribution in [-0.4, -0.2) is 6.54 Å². The molecule has 2 nitrogen and oxygen atoms in total. The van der Waals surface area contributed by atoms with Crippen LogP contribution in [0.3, 0.4) is 0 Å². The van der Waals surface area contributed by atoms with Gasteiger partial charge in [0.05, 0.1) is 0 Å². The van der Waals surface area contributed by atoms with E-state index in [1.807, 2.05) is 12.1 Å². The number of aryl methyl sites for hydroxylation is 1. The molecule has 90 valence electrons. The van der Waals surface area contributed by atoms with Crippen LogP contribution in [0.5, 0.6) is 5.75 Å². The topological polar surface area (TPSA) is 21.3 Å². The normalized spacial score (nSPS) is 10.4. The largest absolute Gasteiger partial charge is 0.409 e. The fraction of sp³-hybridized carbons (Fsp3) is 0.571. The number of unbranched alkanes of at least 4 members (excludes halogenated alkanes) is 4. The Balaban J connectivity index is 2.01. The number of hydrogen-bond acceptors (Lipinski definition) is 2. The van der Waals surface area contributed by atoms with Crippen molar-refractivity contribution in [3.05, 3.63) is 29.8 Å². The van der Waals surface area contributed by atoms with Crippen molar-refractivity contribution >= 4 is 0 Å². The molecule has 16 heavy (non-hydrogen) atoms. The summed E-state index contributed by atoms with van der Waals surface area (Å²) in [7, 11) is 0. The average molecular weight is 221 g/mol. The van der Waals surface area contributed by atoms with Crippen LogP contribution in [0.25, 0.3) is 0 Å². The van der Waals surface area contributed by atoms with Crippen molar-refractivity contribution < 1.29 is 4.84 Å². The maximum atomic E-state index is 5.42. The van der Waals surface area contributed by atoms with Gasteiger partial charge in [-0.2, -0.15) is 5.48 Å². The minimum Gasteiger partial charge on any atom is -0.409 e. The molecule has 1 rings (SSSR count). The first-order chi connectivity index (χ1) is 7.83. The Morgan fingerprint density at radius 1 is 1.00 bits per heavy atom. The lowest BCUT2D eigenvalue weighted by atomic mass is 10.2. The molecular formula is C14H23NO. The Kier molecular flexibility index (Phi) is 6.66. The van der Waals surface area contributed by atoms with Crippen molar-refractivity contribution in [1.29, 1.82) is 0 Å². The van der Waals surface area contributed by atoms with Gasteiger partial charge in [-0.3, -0.25) is 0 Å². The van der Waals surface area contributed by atoms with Crippen LogP contribution >= 0.6 is 0 Å². The monoisotopic (exact) mass is 221 g/mol. The number of rotatable bonds is 8. The van der Waals surface area contributed by atoms with E-state index >= 15 is 0 Å². The van der Waals surface area contributed by atoms with E-state index in [-0.39, 0.29) is 0 Å². The van der Waals surface area contributed by atoms with E-state index in [2.05, 4.69) is 31.5 Å². The minimum absolute atomic E-state index is 0.888. The zero-order valence-corrected chi connectivity index (χ0v) is 10.5. The molecule has 0 spiro atoms. The second-order valence-electron chi connectivity index (χ2n) is 4.22. The molecule has 1 N–H and O–H groups in total. The Morgan fingerprint density at radius 2 is 1.69 bits per heavy atom. The van der Waals surface area contributed by atoms with Crippen molar-refractivity contribution in [2.75, 3.05) is 6.54 Å². The van der Waals surface area contributed by atoms with Crippen LogP contribution in [0.15, 0.2) is 24.3 Å². The molecule has 0 saturated heterocycles. The summed E-state index contributed by atoms with van der Waals surface area (Å²) >= 11 is 0. The molecule has 0 fully saturated rings. The van der Waals surface area contributed by atoms with Gasteiger partial charge in [0.2, 0.25) is 0 Å². The fourth-order valence-electron chi connectivity index (χ4n) is 1.54. The lowest BCUT2D eigenvalue weighted by molar-refractivity contribution is 0.193. The Labute approximate surface area is 99.0 Å². The van der Waals surface area contributed by atoms with Crippen molar-refractivity contribution in [3.8, 4) is 5.75 Å². The highest BCUT2D eigenvalue weighted by Crippen LogP contribution is 2.10. The Bertz CT molecular complexity index is 269. The molecule has 0 unspecified atom stereocenters. The summed E-state index contributed by atoms with van der Waals surface area (Å²) in [6, 6.07) is 8.08. The zero-order chi connectivity index (χ0) is 11.6. The van der Waals surface area contributed by atoms with Crippen LogP contribution in [0.2, 0.25) is 0 Å². The summed E-state index contributed by atoms with van der Waals surface area (Å²) in [6.45, 7) is 5.24. The smallest absolute Gasteiger partial charge is 0.147 e. The van der Waals surface area contributed by atoms with Crippen LogP contribution in [-0.2, 0) is 0 Å². The molecule has 0 aliphatic rings. The maximum Gasteiger partial charge on any atom is 0.147 e. The van der Waals surface area contributed by atoms with Gasteiger partial charge in [0.1, 0.15) is 5.75 Å². The highest BCUT2D eigenvalue weighted by Gasteiger charge is 1.93. The molecule has 0 aliphatic carbocycles. The number of benzene rings is 1. The molecule has 1 aromatic rings. The molecule has 0 radical (unpaired) electrons. The lowest BCUT2D eigenvalue weighted by Crippen LogP contribution is -2.19. The van der Waals surface area contributed by atoms with Gasteiger partial charge >= 0.3 is 0 Å². The molecule has 0 saturated carbocycles. The van der Waals surface area contributed by atoms with Crippen LogP contribution in [0, 0.1) is 6.92 Å². The molecular weight excluding hydrogens is 198 g/mol. The van der Waals surface area contributed by atoms with E-state index in [1.54, 1.807) is 0 Å². The van der Waals surface area contributed by atoms with Gasteiger partial charge in [0.15, 0.2) is 0 Å². The highest BCUT2D eigenvalue weighted by molar-refractivity contribution is 5.25. The first kappa shape index (κ1) is 13.0.